The fraction of sp³-hybridized carbons (Fsp3) is 0.0408. The van der Waals surface area contributed by atoms with Crippen LogP contribution in [0, 0.1) is 11.3 Å². The number of anilines is 2. The second-order valence-corrected chi connectivity index (χ2v) is 14.4. The number of nitrogens with zero attached hydrogens (tertiary/aromatic N) is 3. The second-order valence-electron chi connectivity index (χ2n) is 14.4. The van der Waals surface area contributed by atoms with E-state index in [1.165, 1.54) is 11.3 Å². The predicted molar refractivity (Wildman–Crippen MR) is 219 cm³/mol. The lowest BCUT2D eigenvalue weighted by Crippen LogP contribution is -2.28. The zero-order valence-electron chi connectivity index (χ0n) is 28.9. The maximum atomic E-state index is 10.5. The molecule has 0 amide bonds. The van der Waals surface area contributed by atoms with Gasteiger partial charge in [-0.05, 0) is 83.4 Å². The summed E-state index contributed by atoms with van der Waals surface area (Å²) in [6.45, 7) is 0. The van der Waals surface area contributed by atoms with E-state index in [9.17, 15) is 5.26 Å². The summed E-state index contributed by atoms with van der Waals surface area (Å²) >= 11 is 0. The molecule has 2 aliphatic rings. The van der Waals surface area contributed by atoms with Gasteiger partial charge in [0.25, 0.3) is 0 Å². The number of hydrogen-bond donors (Lipinski definition) is 0. The van der Waals surface area contributed by atoms with Crippen LogP contribution in [0.3, 0.4) is 0 Å². The average molecular weight is 692 g/mol. The minimum atomic E-state index is 0.142. The molecule has 0 saturated heterocycles. The van der Waals surface area contributed by atoms with Crippen molar-refractivity contribution in [1.82, 2.24) is 4.57 Å². The largest absolute Gasteiger partial charge is 0.456 e. The van der Waals surface area contributed by atoms with E-state index in [2.05, 4.69) is 143 Å². The number of nitriles is 1. The molecule has 4 heterocycles. The maximum absolute atomic E-state index is 10.5. The Morgan fingerprint density at radius 2 is 1.20 bits per heavy atom. The molecule has 2 unspecified atom stereocenters. The smallest absolute Gasteiger partial charge is 0.136 e. The van der Waals surface area contributed by atoms with E-state index in [4.69, 9.17) is 8.83 Å². The van der Waals surface area contributed by atoms with Crippen LogP contribution in [0.4, 0.5) is 11.4 Å². The Morgan fingerprint density at radius 1 is 0.500 bits per heavy atom. The third kappa shape index (κ3) is 4.02. The highest BCUT2D eigenvalue weighted by Gasteiger charge is 2.38. The monoisotopic (exact) mass is 691 g/mol. The Balaban J connectivity index is 1.04. The summed E-state index contributed by atoms with van der Waals surface area (Å²) < 4.78 is 14.9. The molecule has 0 saturated carbocycles. The second kappa shape index (κ2) is 10.9. The Hall–Kier alpha value is -7.29. The molecule has 5 nitrogen and oxygen atoms in total. The van der Waals surface area contributed by atoms with Crippen LogP contribution in [-0.4, -0.2) is 10.6 Å². The maximum Gasteiger partial charge on any atom is 0.136 e. The van der Waals surface area contributed by atoms with E-state index in [-0.39, 0.29) is 12.0 Å². The molecule has 5 heteroatoms. The lowest BCUT2D eigenvalue weighted by atomic mass is 9.91. The van der Waals surface area contributed by atoms with Crippen molar-refractivity contribution in [2.45, 2.75) is 12.0 Å². The Morgan fingerprint density at radius 3 is 2.02 bits per heavy atom. The quantitative estimate of drug-likeness (QED) is 0.185. The molecule has 10 aromatic rings. The van der Waals surface area contributed by atoms with Crippen molar-refractivity contribution in [2.24, 2.45) is 0 Å². The number of hydrogen-bond acceptors (Lipinski definition) is 4. The van der Waals surface area contributed by atoms with E-state index in [1.54, 1.807) is 0 Å². The van der Waals surface area contributed by atoms with Crippen molar-refractivity contribution in [3.63, 3.8) is 0 Å². The minimum Gasteiger partial charge on any atom is -0.456 e. The Kier molecular flexibility index (Phi) is 5.90. The first-order valence-electron chi connectivity index (χ1n) is 18.3. The van der Waals surface area contributed by atoms with Crippen LogP contribution in [0.25, 0.3) is 82.5 Å². The molecule has 1 aliphatic heterocycles. The van der Waals surface area contributed by atoms with Crippen molar-refractivity contribution in [1.29, 1.82) is 5.26 Å². The number of fused-ring (bicyclic) bond motifs is 12. The van der Waals surface area contributed by atoms with Gasteiger partial charge in [-0.1, -0.05) is 97.1 Å². The zero-order chi connectivity index (χ0) is 35.5. The SMILES string of the molecule is N#Cc1ccc(-c2cccc(N3c4cc5c(cc4C4C=CC=CC43)oc3ccccc35)c2)cc1-n1c2ccccc2c2cc3oc4ccccc4c3cc21. The molecular formula is C49H29N3O2. The molecule has 0 spiro atoms. The van der Waals surface area contributed by atoms with Gasteiger partial charge in [0.15, 0.2) is 0 Å². The summed E-state index contributed by atoms with van der Waals surface area (Å²) in [6.07, 6.45) is 8.92. The van der Waals surface area contributed by atoms with Gasteiger partial charge in [0.05, 0.1) is 28.3 Å². The Bertz CT molecular complexity index is 3330. The van der Waals surface area contributed by atoms with Gasteiger partial charge in [0.1, 0.15) is 28.4 Å². The molecule has 7 aromatic carbocycles. The molecule has 0 bridgehead atoms. The fourth-order valence-electron chi connectivity index (χ4n) is 9.13. The van der Waals surface area contributed by atoms with Gasteiger partial charge in [0.2, 0.25) is 0 Å². The highest BCUT2D eigenvalue weighted by Crippen LogP contribution is 2.50. The standard InChI is InChI=1S/C49H29N3O2/c50-28-31-21-20-30(23-43(31)52-42-17-6-2-13-34(42)38-27-49-40(25-45(38)52)36-15-4-8-19-47(36)54-49)29-10-9-11-32(22-29)51-41-16-5-1-12-33(41)37-26-48-39(24-44(37)51)35-14-3-7-18-46(35)53-48/h1-27,33,41H. The normalized spacial score (nSPS) is 16.3. The zero-order valence-corrected chi connectivity index (χ0v) is 28.9. The summed E-state index contributed by atoms with van der Waals surface area (Å²) in [4.78, 5) is 2.47. The number of benzene rings is 7. The van der Waals surface area contributed by atoms with Crippen LogP contribution < -0.4 is 4.90 Å². The highest BCUT2D eigenvalue weighted by atomic mass is 16.3. The van der Waals surface area contributed by atoms with E-state index in [0.717, 1.165) is 88.2 Å². The predicted octanol–water partition coefficient (Wildman–Crippen LogP) is 12.9. The summed E-state index contributed by atoms with van der Waals surface area (Å²) in [7, 11) is 0. The molecule has 0 fully saturated rings. The first kappa shape index (κ1) is 29.3. The first-order valence-corrected chi connectivity index (χ1v) is 18.3. The van der Waals surface area contributed by atoms with Crippen LogP contribution >= 0.6 is 0 Å². The minimum absolute atomic E-state index is 0.142. The highest BCUT2D eigenvalue weighted by molar-refractivity contribution is 6.17. The van der Waals surface area contributed by atoms with Crippen LogP contribution in [0.1, 0.15) is 17.0 Å². The molecular weight excluding hydrogens is 663 g/mol. The summed E-state index contributed by atoms with van der Waals surface area (Å²) in [5.41, 5.74) is 12.8. The number of allylic oxidation sites excluding steroid dienone is 2. The van der Waals surface area contributed by atoms with Crippen LogP contribution in [-0.2, 0) is 0 Å². The number of para-hydroxylation sites is 3. The third-order valence-electron chi connectivity index (χ3n) is 11.5. The molecule has 3 aromatic heterocycles. The van der Waals surface area contributed by atoms with Gasteiger partial charge in [-0.25, -0.2) is 0 Å². The van der Waals surface area contributed by atoms with Crippen molar-refractivity contribution in [3.8, 4) is 22.9 Å². The molecule has 0 radical (unpaired) electrons. The summed E-state index contributed by atoms with van der Waals surface area (Å²) in [5.74, 6) is 0.210. The number of furan rings is 2. The van der Waals surface area contributed by atoms with Crippen LogP contribution in [0.2, 0.25) is 0 Å². The third-order valence-corrected chi connectivity index (χ3v) is 11.5. The van der Waals surface area contributed by atoms with Crippen molar-refractivity contribution >= 4 is 77.1 Å². The van der Waals surface area contributed by atoms with Crippen LogP contribution in [0.15, 0.2) is 173 Å². The van der Waals surface area contributed by atoms with Gasteiger partial charge >= 0.3 is 0 Å². The van der Waals surface area contributed by atoms with Crippen molar-refractivity contribution in [2.75, 3.05) is 4.90 Å². The molecule has 54 heavy (non-hydrogen) atoms. The first-order chi connectivity index (χ1) is 26.7. The molecule has 0 N–H and O–H groups in total. The molecule has 2 atom stereocenters. The topological polar surface area (TPSA) is 58.2 Å². The van der Waals surface area contributed by atoms with Gasteiger partial charge in [-0.2, -0.15) is 5.26 Å². The lowest BCUT2D eigenvalue weighted by Gasteiger charge is -2.29. The Labute approximate surface area is 309 Å². The number of rotatable bonds is 3. The van der Waals surface area contributed by atoms with E-state index < -0.39 is 0 Å². The van der Waals surface area contributed by atoms with Gasteiger partial charge in [-0.3, -0.25) is 0 Å². The van der Waals surface area contributed by atoms with Gasteiger partial charge in [-0.15, -0.1) is 0 Å². The van der Waals surface area contributed by atoms with Crippen molar-refractivity contribution < 1.29 is 8.83 Å². The molecule has 1 aliphatic carbocycles. The number of aromatic nitrogens is 1. The average Bonchev–Trinajstić information content (AvgIpc) is 3.96. The van der Waals surface area contributed by atoms with E-state index in [1.807, 2.05) is 36.4 Å². The summed E-state index contributed by atoms with van der Waals surface area (Å²) in [5, 5.41) is 17.1. The molecule has 12 rings (SSSR count). The van der Waals surface area contributed by atoms with Gasteiger partial charge < -0.3 is 18.3 Å². The lowest BCUT2D eigenvalue weighted by molar-refractivity contribution is 0.667. The van der Waals surface area contributed by atoms with E-state index >= 15 is 0 Å². The van der Waals surface area contributed by atoms with E-state index in [0.29, 0.717) is 5.56 Å². The van der Waals surface area contributed by atoms with Crippen LogP contribution in [0.5, 0.6) is 0 Å². The van der Waals surface area contributed by atoms with Gasteiger partial charge in [0, 0.05) is 49.6 Å². The molecule has 252 valence electrons. The summed E-state index contributed by atoms with van der Waals surface area (Å²) in [6, 6.07) is 51.4. The van der Waals surface area contributed by atoms with Crippen molar-refractivity contribution in [3.05, 3.63) is 175 Å². The fourth-order valence-corrected chi connectivity index (χ4v) is 9.13.